The molecule has 1 saturated heterocycles. The number of benzene rings is 2. The van der Waals surface area contributed by atoms with Gasteiger partial charge in [-0.25, -0.2) is 9.18 Å². The Morgan fingerprint density at radius 2 is 1.75 bits per heavy atom. The van der Waals surface area contributed by atoms with E-state index < -0.39 is 23.3 Å². The van der Waals surface area contributed by atoms with Crippen molar-refractivity contribution in [1.29, 1.82) is 0 Å². The molecule has 0 spiro atoms. The highest BCUT2D eigenvalue weighted by Gasteiger charge is 2.54. The number of amides is 2. The van der Waals surface area contributed by atoms with Crippen molar-refractivity contribution in [3.8, 4) is 5.75 Å². The van der Waals surface area contributed by atoms with E-state index in [9.17, 15) is 18.8 Å². The van der Waals surface area contributed by atoms with E-state index in [-0.39, 0.29) is 38.7 Å². The predicted molar refractivity (Wildman–Crippen MR) is 116 cm³/mol. The first-order chi connectivity index (χ1) is 15.3. The maximum atomic E-state index is 13.3. The van der Waals surface area contributed by atoms with Crippen LogP contribution in [0, 0.1) is 5.82 Å². The van der Waals surface area contributed by atoms with Gasteiger partial charge in [0.1, 0.15) is 11.6 Å². The summed E-state index contributed by atoms with van der Waals surface area (Å²) in [6, 6.07) is 12.3. The Hall–Kier alpha value is -2.97. The maximum Gasteiger partial charge on any atom is 0.336 e. The number of halogens is 2. The van der Waals surface area contributed by atoms with Gasteiger partial charge < -0.3 is 9.47 Å². The Bertz CT molecular complexity index is 983. The van der Waals surface area contributed by atoms with E-state index in [1.54, 1.807) is 48.2 Å². The predicted octanol–water partition coefficient (Wildman–Crippen LogP) is 3.05. The summed E-state index contributed by atoms with van der Waals surface area (Å²) in [6.07, 6.45) is 0. The summed E-state index contributed by atoms with van der Waals surface area (Å²) in [4.78, 5) is 41.6. The van der Waals surface area contributed by atoms with Crippen LogP contribution in [0.15, 0.2) is 48.5 Å². The molecule has 7 nitrogen and oxygen atoms in total. The fourth-order valence-corrected chi connectivity index (χ4v) is 3.60. The fourth-order valence-electron chi connectivity index (χ4n) is 3.47. The zero-order valence-corrected chi connectivity index (χ0v) is 18.6. The van der Waals surface area contributed by atoms with Crippen LogP contribution < -0.4 is 4.74 Å². The Balaban J connectivity index is 1.77. The molecule has 1 heterocycles. The molecule has 1 unspecified atom stereocenters. The van der Waals surface area contributed by atoms with E-state index in [0.717, 1.165) is 10.5 Å². The molecule has 9 heteroatoms. The number of esters is 1. The van der Waals surface area contributed by atoms with Crippen molar-refractivity contribution in [3.63, 3.8) is 0 Å². The summed E-state index contributed by atoms with van der Waals surface area (Å²) < 4.78 is 23.9. The maximum absolute atomic E-state index is 13.3. The van der Waals surface area contributed by atoms with Gasteiger partial charge in [-0.1, -0.05) is 23.7 Å². The highest BCUT2D eigenvalue weighted by Crippen LogP contribution is 2.27. The Morgan fingerprint density at radius 3 is 2.38 bits per heavy atom. The molecule has 0 aromatic heterocycles. The molecule has 1 aliphatic rings. The molecule has 0 bridgehead atoms. The molecule has 0 saturated carbocycles. The van der Waals surface area contributed by atoms with Gasteiger partial charge in [0.25, 0.3) is 11.8 Å². The fraction of sp³-hybridized carbons (Fsp3) is 0.348. The lowest BCUT2D eigenvalue weighted by Gasteiger charge is -2.45. The van der Waals surface area contributed by atoms with E-state index in [1.807, 2.05) is 0 Å². The van der Waals surface area contributed by atoms with Crippen LogP contribution in [0.1, 0.15) is 19.4 Å². The molecule has 3 rings (SSSR count). The van der Waals surface area contributed by atoms with Gasteiger partial charge >= 0.3 is 5.97 Å². The first-order valence-corrected chi connectivity index (χ1v) is 10.5. The van der Waals surface area contributed by atoms with E-state index in [0.29, 0.717) is 10.8 Å². The number of imide groups is 1. The minimum Gasteiger partial charge on any atom is -0.484 e. The lowest BCUT2D eigenvalue weighted by molar-refractivity contribution is -0.174. The van der Waals surface area contributed by atoms with Crippen molar-refractivity contribution in [2.75, 3.05) is 26.3 Å². The number of rotatable bonds is 7. The summed E-state index contributed by atoms with van der Waals surface area (Å²) in [5.41, 5.74) is -0.987. The van der Waals surface area contributed by atoms with Crippen molar-refractivity contribution < 1.29 is 28.2 Å². The Labute approximate surface area is 190 Å². The van der Waals surface area contributed by atoms with Crippen molar-refractivity contribution in [2.24, 2.45) is 0 Å². The van der Waals surface area contributed by atoms with Gasteiger partial charge in [-0.05, 0) is 55.8 Å². The van der Waals surface area contributed by atoms with Crippen LogP contribution in [0.25, 0.3) is 0 Å². The number of nitrogens with zero attached hydrogens (tertiary/aromatic N) is 2. The summed E-state index contributed by atoms with van der Waals surface area (Å²) >= 11 is 5.84. The summed E-state index contributed by atoms with van der Waals surface area (Å²) in [5, 5.41) is 0.529. The number of carbonyl (C=O) groups excluding carboxylic acids is 3. The van der Waals surface area contributed by atoms with Crippen molar-refractivity contribution in [2.45, 2.75) is 25.9 Å². The molecule has 32 heavy (non-hydrogen) atoms. The van der Waals surface area contributed by atoms with Crippen molar-refractivity contribution >= 4 is 29.4 Å². The first-order valence-electron chi connectivity index (χ1n) is 10.2. The zero-order chi connectivity index (χ0) is 23.3. The third-order valence-electron chi connectivity index (χ3n) is 5.32. The Morgan fingerprint density at radius 1 is 1.09 bits per heavy atom. The summed E-state index contributed by atoms with van der Waals surface area (Å²) in [6.45, 7) is 3.33. The number of ether oxygens (including phenoxy) is 2. The second-order valence-electron chi connectivity index (χ2n) is 7.43. The average molecular weight is 463 g/mol. The lowest BCUT2D eigenvalue weighted by atomic mass is 9.93. The normalized spacial score (nSPS) is 19.0. The molecular weight excluding hydrogens is 439 g/mol. The van der Waals surface area contributed by atoms with Crippen LogP contribution in [0.2, 0.25) is 5.02 Å². The van der Waals surface area contributed by atoms with E-state index in [2.05, 4.69) is 0 Å². The third kappa shape index (κ3) is 5.08. The van der Waals surface area contributed by atoms with Crippen LogP contribution in [0.3, 0.4) is 0 Å². The topological polar surface area (TPSA) is 76.2 Å². The first kappa shape index (κ1) is 23.7. The monoisotopic (exact) mass is 462 g/mol. The molecule has 2 aromatic carbocycles. The van der Waals surface area contributed by atoms with Gasteiger partial charge in [0, 0.05) is 24.7 Å². The van der Waals surface area contributed by atoms with E-state index in [1.165, 1.54) is 19.1 Å². The summed E-state index contributed by atoms with van der Waals surface area (Å²) in [5.74, 6) is -1.95. The highest BCUT2D eigenvalue weighted by atomic mass is 35.5. The van der Waals surface area contributed by atoms with Crippen molar-refractivity contribution in [3.05, 3.63) is 64.9 Å². The SMILES string of the molecule is CCOC(=O)C1(C)C(=O)N(C(=O)COc2ccc(Cl)cc2)CCN1Cc1ccc(F)cc1. The molecule has 0 aliphatic carbocycles. The smallest absolute Gasteiger partial charge is 0.336 e. The average Bonchev–Trinajstić information content (AvgIpc) is 2.78. The van der Waals surface area contributed by atoms with Gasteiger partial charge in [-0.15, -0.1) is 0 Å². The zero-order valence-electron chi connectivity index (χ0n) is 17.8. The van der Waals surface area contributed by atoms with Gasteiger partial charge in [0.15, 0.2) is 12.1 Å². The molecule has 2 amide bonds. The summed E-state index contributed by atoms with van der Waals surface area (Å²) in [7, 11) is 0. The Kier molecular flexibility index (Phi) is 7.48. The van der Waals surface area contributed by atoms with Crippen LogP contribution >= 0.6 is 11.6 Å². The molecule has 1 atom stereocenters. The number of hydrogen-bond donors (Lipinski definition) is 0. The molecule has 0 N–H and O–H groups in total. The van der Waals surface area contributed by atoms with Gasteiger partial charge in [-0.3, -0.25) is 19.4 Å². The molecule has 170 valence electrons. The number of carbonyl (C=O) groups is 3. The van der Waals surface area contributed by atoms with Gasteiger partial charge in [-0.2, -0.15) is 0 Å². The van der Waals surface area contributed by atoms with Gasteiger partial charge in [0.2, 0.25) is 0 Å². The third-order valence-corrected chi connectivity index (χ3v) is 5.58. The van der Waals surface area contributed by atoms with Crippen LogP contribution in [0.4, 0.5) is 4.39 Å². The molecular formula is C23H24ClFN2O5. The molecule has 0 radical (unpaired) electrons. The van der Waals surface area contributed by atoms with Gasteiger partial charge in [0.05, 0.1) is 6.61 Å². The van der Waals surface area contributed by atoms with E-state index in [4.69, 9.17) is 21.1 Å². The largest absolute Gasteiger partial charge is 0.484 e. The van der Waals surface area contributed by atoms with E-state index >= 15 is 0 Å². The quantitative estimate of drug-likeness (QED) is 0.465. The molecule has 1 fully saturated rings. The highest BCUT2D eigenvalue weighted by molar-refractivity contribution is 6.30. The molecule has 1 aliphatic heterocycles. The minimum absolute atomic E-state index is 0.0812. The van der Waals surface area contributed by atoms with Crippen molar-refractivity contribution in [1.82, 2.24) is 9.80 Å². The number of hydrogen-bond acceptors (Lipinski definition) is 6. The van der Waals surface area contributed by atoms with Crippen LogP contribution in [-0.2, 0) is 25.7 Å². The lowest BCUT2D eigenvalue weighted by Crippen LogP contribution is -2.69. The second-order valence-corrected chi connectivity index (χ2v) is 7.87. The van der Waals surface area contributed by atoms with Crippen LogP contribution in [-0.4, -0.2) is 59.4 Å². The standard InChI is InChI=1S/C23H24ClFN2O5/c1-3-31-22(30)23(2)21(29)27(20(28)15-32-19-10-6-17(24)7-11-19)13-12-26(23)14-16-4-8-18(25)9-5-16/h4-11H,3,12-15H2,1-2H3. The second kappa shape index (κ2) is 10.1. The number of piperazine rings is 1. The molecule has 2 aromatic rings. The van der Waals surface area contributed by atoms with Crippen LogP contribution in [0.5, 0.6) is 5.75 Å². The minimum atomic E-state index is -1.71.